The molecule has 0 fully saturated rings. The van der Waals surface area contributed by atoms with Crippen LogP contribution in [0.2, 0.25) is 0 Å². The van der Waals surface area contributed by atoms with Gasteiger partial charge < -0.3 is 21.4 Å². The van der Waals surface area contributed by atoms with Gasteiger partial charge in [0.1, 0.15) is 12.1 Å². The van der Waals surface area contributed by atoms with Crippen molar-refractivity contribution in [2.45, 2.75) is 31.8 Å². The van der Waals surface area contributed by atoms with Crippen LogP contribution in [0.4, 0.5) is 0 Å². The van der Waals surface area contributed by atoms with E-state index in [1.165, 1.54) is 6.92 Å². The van der Waals surface area contributed by atoms with Gasteiger partial charge in [-0.1, -0.05) is 0 Å². The Balaban J connectivity index is 3.77. The molecule has 0 radical (unpaired) electrons. The number of aliphatic carboxylic acids is 1. The summed E-state index contributed by atoms with van der Waals surface area (Å²) in [6.07, 6.45) is 1.03. The molecule has 0 saturated heterocycles. The quantitative estimate of drug-likeness (QED) is 0.386. The minimum absolute atomic E-state index is 0.415. The zero-order valence-electron chi connectivity index (χ0n) is 8.60. The smallest absolute Gasteiger partial charge is 0.341 e. The Bertz CT molecular complexity index is 222. The second-order valence-electron chi connectivity index (χ2n) is 3.14. The number of carboxylic acid groups (broad SMARTS) is 1. The molecule has 0 unspecified atom stereocenters. The van der Waals surface area contributed by atoms with Gasteiger partial charge in [0.25, 0.3) is 0 Å². The van der Waals surface area contributed by atoms with E-state index in [2.05, 4.69) is 10.3 Å². The Labute approximate surface area is 87.7 Å². The Morgan fingerprint density at radius 3 is 2.60 bits per heavy atom. The summed E-state index contributed by atoms with van der Waals surface area (Å²) in [5, 5.41) is 8.47. The molecule has 0 aromatic heterocycles. The molecule has 0 bridgehead atoms. The van der Waals surface area contributed by atoms with E-state index < -0.39 is 24.0 Å². The van der Waals surface area contributed by atoms with Gasteiger partial charge in [-0.15, -0.1) is 5.48 Å². The van der Waals surface area contributed by atoms with E-state index in [1.54, 1.807) is 0 Å². The van der Waals surface area contributed by atoms with Crippen LogP contribution in [0, 0.1) is 0 Å². The zero-order chi connectivity index (χ0) is 11.8. The highest BCUT2D eigenvalue weighted by atomic mass is 16.7. The molecule has 0 aliphatic heterocycles. The van der Waals surface area contributed by atoms with Gasteiger partial charge in [0.15, 0.2) is 0 Å². The molecule has 0 aromatic carbocycles. The van der Waals surface area contributed by atoms with Crippen LogP contribution in [-0.2, 0) is 14.4 Å². The van der Waals surface area contributed by atoms with Crippen molar-refractivity contribution in [1.82, 2.24) is 5.48 Å². The van der Waals surface area contributed by atoms with Gasteiger partial charge in [-0.05, 0) is 26.3 Å². The molecule has 6 N–H and O–H groups in total. The maximum atomic E-state index is 11.1. The second kappa shape index (κ2) is 7.16. The van der Waals surface area contributed by atoms with Gasteiger partial charge >= 0.3 is 11.9 Å². The van der Waals surface area contributed by atoms with Crippen LogP contribution in [0.25, 0.3) is 0 Å². The van der Waals surface area contributed by atoms with E-state index >= 15 is 0 Å². The number of nitrogens with two attached hydrogens (primary N) is 2. The van der Waals surface area contributed by atoms with Crippen LogP contribution in [-0.4, -0.2) is 35.7 Å². The van der Waals surface area contributed by atoms with Gasteiger partial charge in [0.2, 0.25) is 0 Å². The highest BCUT2D eigenvalue weighted by Gasteiger charge is 2.17. The summed E-state index contributed by atoms with van der Waals surface area (Å²) in [4.78, 5) is 26.0. The third kappa shape index (κ3) is 6.00. The van der Waals surface area contributed by atoms with Crippen molar-refractivity contribution in [2.24, 2.45) is 11.5 Å². The van der Waals surface area contributed by atoms with E-state index in [-0.39, 0.29) is 0 Å². The summed E-state index contributed by atoms with van der Waals surface area (Å²) in [5.41, 5.74) is 12.8. The van der Waals surface area contributed by atoms with Crippen molar-refractivity contribution in [1.29, 1.82) is 0 Å². The standard InChI is InChI=1S/C8H17N3O4/c1-5(7(12)13)11-15-8(14)6(10)3-2-4-9/h5-6,11H,2-4,9-10H2,1H3,(H,12,13)/t5-,6-/m0/s1. The van der Waals surface area contributed by atoms with E-state index in [4.69, 9.17) is 16.6 Å². The molecule has 0 aliphatic rings. The molecule has 15 heavy (non-hydrogen) atoms. The molecule has 0 aliphatic carbocycles. The fraction of sp³-hybridized carbons (Fsp3) is 0.750. The number of nitrogens with one attached hydrogen (secondary N) is 1. The fourth-order valence-electron chi connectivity index (χ4n) is 0.728. The summed E-state index contributed by atoms with van der Waals surface area (Å²) in [5.74, 6) is -1.80. The lowest BCUT2D eigenvalue weighted by molar-refractivity contribution is -0.158. The first-order valence-electron chi connectivity index (χ1n) is 4.63. The predicted molar refractivity (Wildman–Crippen MR) is 52.6 cm³/mol. The molecular formula is C8H17N3O4. The Hall–Kier alpha value is -1.18. The normalized spacial score (nSPS) is 14.3. The summed E-state index contributed by atoms with van der Waals surface area (Å²) < 4.78 is 0. The summed E-state index contributed by atoms with van der Waals surface area (Å²) in [7, 11) is 0. The molecule has 0 heterocycles. The summed E-state index contributed by atoms with van der Waals surface area (Å²) in [6, 6.07) is -1.74. The van der Waals surface area contributed by atoms with Crippen molar-refractivity contribution in [3.05, 3.63) is 0 Å². The van der Waals surface area contributed by atoms with Crippen molar-refractivity contribution >= 4 is 11.9 Å². The number of hydrogen-bond donors (Lipinski definition) is 4. The van der Waals surface area contributed by atoms with Gasteiger partial charge in [-0.3, -0.25) is 4.79 Å². The van der Waals surface area contributed by atoms with Crippen LogP contribution in [0.15, 0.2) is 0 Å². The average molecular weight is 219 g/mol. The van der Waals surface area contributed by atoms with Crippen molar-refractivity contribution in [3.8, 4) is 0 Å². The van der Waals surface area contributed by atoms with Gasteiger partial charge in [-0.25, -0.2) is 4.79 Å². The molecule has 0 spiro atoms. The first-order valence-corrected chi connectivity index (χ1v) is 4.63. The monoisotopic (exact) mass is 219 g/mol. The topological polar surface area (TPSA) is 128 Å². The molecule has 0 aromatic rings. The minimum Gasteiger partial charge on any atom is -0.480 e. The highest BCUT2D eigenvalue weighted by Crippen LogP contribution is 1.95. The van der Waals surface area contributed by atoms with E-state index in [9.17, 15) is 9.59 Å². The molecule has 7 nitrogen and oxygen atoms in total. The molecule has 0 amide bonds. The maximum Gasteiger partial charge on any atom is 0.341 e. The predicted octanol–water partition coefficient (Wildman–Crippen LogP) is -1.43. The number of rotatable bonds is 7. The van der Waals surface area contributed by atoms with Crippen LogP contribution in [0.5, 0.6) is 0 Å². The third-order valence-corrected chi connectivity index (χ3v) is 1.73. The van der Waals surface area contributed by atoms with Crippen molar-refractivity contribution < 1.29 is 19.5 Å². The first-order chi connectivity index (χ1) is 6.99. The van der Waals surface area contributed by atoms with Gasteiger partial charge in [-0.2, -0.15) is 0 Å². The molecule has 2 atom stereocenters. The third-order valence-electron chi connectivity index (χ3n) is 1.73. The summed E-state index contributed by atoms with van der Waals surface area (Å²) in [6.45, 7) is 1.79. The highest BCUT2D eigenvalue weighted by molar-refractivity contribution is 5.76. The lowest BCUT2D eigenvalue weighted by atomic mass is 10.2. The summed E-state index contributed by atoms with van der Waals surface area (Å²) >= 11 is 0. The van der Waals surface area contributed by atoms with Crippen LogP contribution in [0.3, 0.4) is 0 Å². The minimum atomic E-state index is -1.11. The van der Waals surface area contributed by atoms with Gasteiger partial charge in [0, 0.05) is 0 Å². The number of carbonyl (C=O) groups is 2. The Morgan fingerprint density at radius 2 is 2.13 bits per heavy atom. The Kier molecular flexibility index (Phi) is 6.59. The van der Waals surface area contributed by atoms with Crippen LogP contribution >= 0.6 is 0 Å². The number of hydrogen-bond acceptors (Lipinski definition) is 6. The largest absolute Gasteiger partial charge is 0.480 e. The SMILES string of the molecule is C[C@H](NOC(=O)[C@@H](N)CCCN)C(=O)O. The lowest BCUT2D eigenvalue weighted by Gasteiger charge is -2.12. The second-order valence-corrected chi connectivity index (χ2v) is 3.14. The lowest BCUT2D eigenvalue weighted by Crippen LogP contribution is -2.41. The van der Waals surface area contributed by atoms with E-state index in [1.807, 2.05) is 0 Å². The average Bonchev–Trinajstić information content (AvgIpc) is 2.21. The van der Waals surface area contributed by atoms with E-state index in [0.29, 0.717) is 19.4 Å². The molecule has 88 valence electrons. The number of hydroxylamine groups is 1. The van der Waals surface area contributed by atoms with Crippen molar-refractivity contribution in [2.75, 3.05) is 6.54 Å². The van der Waals surface area contributed by atoms with Crippen LogP contribution in [0.1, 0.15) is 19.8 Å². The zero-order valence-corrected chi connectivity index (χ0v) is 8.60. The molecule has 7 heteroatoms. The Morgan fingerprint density at radius 1 is 1.53 bits per heavy atom. The molecular weight excluding hydrogens is 202 g/mol. The van der Waals surface area contributed by atoms with Crippen molar-refractivity contribution in [3.63, 3.8) is 0 Å². The number of carboxylic acids is 1. The molecule has 0 saturated carbocycles. The molecule has 0 rings (SSSR count). The fourth-order valence-corrected chi connectivity index (χ4v) is 0.728. The maximum absolute atomic E-state index is 11.1. The van der Waals surface area contributed by atoms with Gasteiger partial charge in [0.05, 0.1) is 0 Å². The first kappa shape index (κ1) is 13.8. The van der Waals surface area contributed by atoms with Crippen LogP contribution < -0.4 is 16.9 Å². The number of carbonyl (C=O) groups excluding carboxylic acids is 1. The van der Waals surface area contributed by atoms with E-state index in [0.717, 1.165) is 0 Å².